The van der Waals surface area contributed by atoms with E-state index in [0.29, 0.717) is 0 Å². The number of nitrogens with zero attached hydrogens (tertiary/aromatic N) is 1. The van der Waals surface area contributed by atoms with Gasteiger partial charge in [-0.05, 0) is 43.6 Å². The Balaban J connectivity index is 2.34. The van der Waals surface area contributed by atoms with Crippen LogP contribution >= 0.6 is 0 Å². The van der Waals surface area contributed by atoms with Gasteiger partial charge < -0.3 is 10.6 Å². The van der Waals surface area contributed by atoms with Crippen molar-refractivity contribution in [3.8, 4) is 0 Å². The highest BCUT2D eigenvalue weighted by atomic mass is 15.1. The van der Waals surface area contributed by atoms with Crippen molar-refractivity contribution in [2.24, 2.45) is 0 Å². The average Bonchev–Trinajstić information content (AvgIpc) is 2.32. The van der Waals surface area contributed by atoms with Gasteiger partial charge in [-0.1, -0.05) is 32.4 Å². The standard InChI is InChI=1S/C14H24N2/c1-3-5-11-16(4-2)12-10-13-6-8-14(15)9-7-13/h6-9H,3-5,10-12,15H2,1-2H3. The fourth-order valence-corrected chi connectivity index (χ4v) is 1.78. The number of hydrogen-bond acceptors (Lipinski definition) is 2. The molecular formula is C14H24N2. The first-order valence-electron chi connectivity index (χ1n) is 6.33. The molecule has 0 fully saturated rings. The summed E-state index contributed by atoms with van der Waals surface area (Å²) in [5.74, 6) is 0. The molecule has 0 radical (unpaired) electrons. The summed E-state index contributed by atoms with van der Waals surface area (Å²) in [6.07, 6.45) is 3.70. The molecule has 0 amide bonds. The number of nitrogens with two attached hydrogens (primary N) is 1. The second kappa shape index (κ2) is 7.29. The molecule has 0 saturated heterocycles. The molecule has 0 atom stereocenters. The number of anilines is 1. The second-order valence-electron chi connectivity index (χ2n) is 4.28. The zero-order chi connectivity index (χ0) is 11.8. The van der Waals surface area contributed by atoms with Crippen LogP contribution in [0.5, 0.6) is 0 Å². The number of unbranched alkanes of at least 4 members (excludes halogenated alkanes) is 1. The van der Waals surface area contributed by atoms with Gasteiger partial charge >= 0.3 is 0 Å². The van der Waals surface area contributed by atoms with Gasteiger partial charge in [-0.25, -0.2) is 0 Å². The summed E-state index contributed by atoms with van der Waals surface area (Å²) in [6.45, 7) is 8.00. The molecule has 1 aromatic carbocycles. The summed E-state index contributed by atoms with van der Waals surface area (Å²) in [6, 6.07) is 8.22. The predicted molar refractivity (Wildman–Crippen MR) is 71.6 cm³/mol. The summed E-state index contributed by atoms with van der Waals surface area (Å²) in [7, 11) is 0. The Kier molecular flexibility index (Phi) is 5.94. The molecule has 0 aromatic heterocycles. The minimum Gasteiger partial charge on any atom is -0.399 e. The predicted octanol–water partition coefficient (Wildman–Crippen LogP) is 2.93. The summed E-state index contributed by atoms with van der Waals surface area (Å²) in [4.78, 5) is 2.51. The first-order chi connectivity index (χ1) is 7.76. The third kappa shape index (κ3) is 4.67. The van der Waals surface area contributed by atoms with Crippen LogP contribution in [0.25, 0.3) is 0 Å². The van der Waals surface area contributed by atoms with Crippen LogP contribution in [-0.4, -0.2) is 24.5 Å². The molecule has 0 heterocycles. The molecule has 1 rings (SSSR count). The molecule has 0 saturated carbocycles. The molecule has 0 aliphatic rings. The van der Waals surface area contributed by atoms with Gasteiger partial charge in [0, 0.05) is 12.2 Å². The lowest BCUT2D eigenvalue weighted by Crippen LogP contribution is -2.26. The van der Waals surface area contributed by atoms with Crippen molar-refractivity contribution in [3.05, 3.63) is 29.8 Å². The van der Waals surface area contributed by atoms with E-state index in [-0.39, 0.29) is 0 Å². The molecule has 0 bridgehead atoms. The lowest BCUT2D eigenvalue weighted by atomic mass is 10.1. The van der Waals surface area contributed by atoms with E-state index in [9.17, 15) is 0 Å². The van der Waals surface area contributed by atoms with Gasteiger partial charge in [0.05, 0.1) is 0 Å². The van der Waals surface area contributed by atoms with Crippen molar-refractivity contribution in [2.45, 2.75) is 33.1 Å². The molecule has 16 heavy (non-hydrogen) atoms. The van der Waals surface area contributed by atoms with E-state index in [1.165, 1.54) is 24.9 Å². The fraction of sp³-hybridized carbons (Fsp3) is 0.571. The molecule has 0 unspecified atom stereocenters. The lowest BCUT2D eigenvalue weighted by Gasteiger charge is -2.19. The van der Waals surface area contributed by atoms with Gasteiger partial charge in [0.2, 0.25) is 0 Å². The smallest absolute Gasteiger partial charge is 0.0314 e. The van der Waals surface area contributed by atoms with E-state index in [4.69, 9.17) is 5.73 Å². The molecular weight excluding hydrogens is 196 g/mol. The number of benzene rings is 1. The van der Waals surface area contributed by atoms with Gasteiger partial charge in [-0.15, -0.1) is 0 Å². The van der Waals surface area contributed by atoms with E-state index in [1.807, 2.05) is 12.1 Å². The van der Waals surface area contributed by atoms with Crippen LogP contribution in [0.2, 0.25) is 0 Å². The van der Waals surface area contributed by atoms with Crippen LogP contribution in [0.3, 0.4) is 0 Å². The van der Waals surface area contributed by atoms with E-state index < -0.39 is 0 Å². The van der Waals surface area contributed by atoms with Crippen LogP contribution in [0.4, 0.5) is 5.69 Å². The van der Waals surface area contributed by atoms with Crippen LogP contribution in [0.1, 0.15) is 32.3 Å². The van der Waals surface area contributed by atoms with E-state index >= 15 is 0 Å². The van der Waals surface area contributed by atoms with Crippen LogP contribution < -0.4 is 5.73 Å². The Bertz CT molecular complexity index is 279. The van der Waals surface area contributed by atoms with E-state index in [2.05, 4.69) is 30.9 Å². The lowest BCUT2D eigenvalue weighted by molar-refractivity contribution is 0.287. The molecule has 1 aromatic rings. The normalized spacial score (nSPS) is 10.9. The van der Waals surface area contributed by atoms with Crippen LogP contribution in [0, 0.1) is 0 Å². The highest BCUT2D eigenvalue weighted by Crippen LogP contribution is 2.07. The van der Waals surface area contributed by atoms with Gasteiger partial charge in [0.15, 0.2) is 0 Å². The highest BCUT2D eigenvalue weighted by molar-refractivity contribution is 5.39. The number of likely N-dealkylation sites (N-methyl/N-ethyl adjacent to an activating group) is 1. The molecule has 2 heteroatoms. The quantitative estimate of drug-likeness (QED) is 0.716. The maximum absolute atomic E-state index is 5.66. The minimum absolute atomic E-state index is 0.849. The summed E-state index contributed by atoms with van der Waals surface area (Å²) in [5.41, 5.74) is 7.89. The topological polar surface area (TPSA) is 29.3 Å². The first kappa shape index (κ1) is 13.0. The fourth-order valence-electron chi connectivity index (χ4n) is 1.78. The highest BCUT2D eigenvalue weighted by Gasteiger charge is 2.01. The Hall–Kier alpha value is -1.02. The Morgan fingerprint density at radius 3 is 2.31 bits per heavy atom. The van der Waals surface area contributed by atoms with Crippen molar-refractivity contribution in [1.29, 1.82) is 0 Å². The zero-order valence-corrected chi connectivity index (χ0v) is 10.6. The van der Waals surface area contributed by atoms with Crippen LogP contribution in [-0.2, 0) is 6.42 Å². The Morgan fingerprint density at radius 1 is 1.06 bits per heavy atom. The maximum atomic E-state index is 5.66. The van der Waals surface area contributed by atoms with Crippen molar-refractivity contribution >= 4 is 5.69 Å². The Morgan fingerprint density at radius 2 is 1.75 bits per heavy atom. The number of rotatable bonds is 7. The third-order valence-corrected chi connectivity index (χ3v) is 2.97. The summed E-state index contributed by atoms with van der Waals surface area (Å²) >= 11 is 0. The van der Waals surface area contributed by atoms with E-state index in [0.717, 1.165) is 25.2 Å². The largest absolute Gasteiger partial charge is 0.399 e. The molecule has 0 aliphatic carbocycles. The van der Waals surface area contributed by atoms with Crippen molar-refractivity contribution in [3.63, 3.8) is 0 Å². The van der Waals surface area contributed by atoms with Gasteiger partial charge in [-0.3, -0.25) is 0 Å². The second-order valence-corrected chi connectivity index (χ2v) is 4.28. The summed E-state index contributed by atoms with van der Waals surface area (Å²) in [5, 5.41) is 0. The zero-order valence-electron chi connectivity index (χ0n) is 10.6. The molecule has 2 N–H and O–H groups in total. The number of hydrogen-bond donors (Lipinski definition) is 1. The summed E-state index contributed by atoms with van der Waals surface area (Å²) < 4.78 is 0. The van der Waals surface area contributed by atoms with Gasteiger partial charge in [0.25, 0.3) is 0 Å². The van der Waals surface area contributed by atoms with E-state index in [1.54, 1.807) is 0 Å². The number of nitrogen functional groups attached to an aromatic ring is 1. The molecule has 90 valence electrons. The van der Waals surface area contributed by atoms with Gasteiger partial charge in [0.1, 0.15) is 0 Å². The molecule has 0 aliphatic heterocycles. The average molecular weight is 220 g/mol. The molecule has 0 spiro atoms. The van der Waals surface area contributed by atoms with Crippen molar-refractivity contribution in [2.75, 3.05) is 25.4 Å². The van der Waals surface area contributed by atoms with Crippen molar-refractivity contribution in [1.82, 2.24) is 4.90 Å². The first-order valence-corrected chi connectivity index (χ1v) is 6.33. The SMILES string of the molecule is CCCCN(CC)CCc1ccc(N)cc1. The maximum Gasteiger partial charge on any atom is 0.0314 e. The van der Waals surface area contributed by atoms with Gasteiger partial charge in [-0.2, -0.15) is 0 Å². The minimum atomic E-state index is 0.849. The Labute approximate surface area is 99.5 Å². The van der Waals surface area contributed by atoms with Crippen LogP contribution in [0.15, 0.2) is 24.3 Å². The third-order valence-electron chi connectivity index (χ3n) is 2.97. The molecule has 2 nitrogen and oxygen atoms in total. The van der Waals surface area contributed by atoms with Crippen molar-refractivity contribution < 1.29 is 0 Å². The monoisotopic (exact) mass is 220 g/mol.